The summed E-state index contributed by atoms with van der Waals surface area (Å²) in [5.74, 6) is -0.823. The van der Waals surface area contributed by atoms with Crippen LogP contribution < -0.4 is 0 Å². The fourth-order valence-electron chi connectivity index (χ4n) is 3.47. The van der Waals surface area contributed by atoms with Crippen LogP contribution in [0.4, 0.5) is 4.79 Å². The highest BCUT2D eigenvalue weighted by molar-refractivity contribution is 5.78. The van der Waals surface area contributed by atoms with Gasteiger partial charge in [0.05, 0.1) is 11.5 Å². The Hall–Kier alpha value is -1.30. The van der Waals surface area contributed by atoms with Crippen molar-refractivity contribution >= 4 is 12.1 Å². The van der Waals surface area contributed by atoms with E-state index in [2.05, 4.69) is 0 Å². The Bertz CT molecular complexity index is 423. The van der Waals surface area contributed by atoms with Gasteiger partial charge in [-0.2, -0.15) is 0 Å². The largest absolute Gasteiger partial charge is 0.481 e. The molecule has 1 atom stereocenters. The number of aliphatic carboxylic acids is 1. The molecular formula is C16H27NO5. The first-order valence-corrected chi connectivity index (χ1v) is 8.07. The Kier molecular flexibility index (Phi) is 5.00. The summed E-state index contributed by atoms with van der Waals surface area (Å²) in [6, 6.07) is -0.308. The third-order valence-corrected chi connectivity index (χ3v) is 4.58. The first-order chi connectivity index (χ1) is 10.3. The lowest BCUT2D eigenvalue weighted by Crippen LogP contribution is -2.58. The number of hydrogen-bond donors (Lipinski definition) is 1. The summed E-state index contributed by atoms with van der Waals surface area (Å²) in [7, 11) is 0. The van der Waals surface area contributed by atoms with Gasteiger partial charge in [0.25, 0.3) is 0 Å². The van der Waals surface area contributed by atoms with E-state index in [0.717, 1.165) is 12.8 Å². The van der Waals surface area contributed by atoms with Crippen LogP contribution in [0.1, 0.15) is 52.9 Å². The lowest BCUT2D eigenvalue weighted by molar-refractivity contribution is -0.162. The first kappa shape index (κ1) is 17.1. The van der Waals surface area contributed by atoms with Gasteiger partial charge in [-0.25, -0.2) is 4.79 Å². The van der Waals surface area contributed by atoms with E-state index in [-0.39, 0.29) is 6.04 Å². The second-order valence-corrected chi connectivity index (χ2v) is 7.26. The molecule has 0 aromatic carbocycles. The van der Waals surface area contributed by atoms with Crippen molar-refractivity contribution in [3.63, 3.8) is 0 Å². The van der Waals surface area contributed by atoms with Crippen molar-refractivity contribution in [2.45, 2.75) is 64.5 Å². The minimum Gasteiger partial charge on any atom is -0.481 e. The van der Waals surface area contributed by atoms with Gasteiger partial charge in [0.1, 0.15) is 5.60 Å². The highest BCUT2D eigenvalue weighted by atomic mass is 16.6. The molecule has 0 aromatic heterocycles. The van der Waals surface area contributed by atoms with E-state index < -0.39 is 23.1 Å². The zero-order valence-corrected chi connectivity index (χ0v) is 13.8. The number of hydrogen-bond acceptors (Lipinski definition) is 4. The second-order valence-electron chi connectivity index (χ2n) is 7.26. The quantitative estimate of drug-likeness (QED) is 0.848. The molecule has 2 rings (SSSR count). The number of carboxylic acids is 1. The van der Waals surface area contributed by atoms with Crippen molar-refractivity contribution in [2.24, 2.45) is 5.41 Å². The number of rotatable bonds is 2. The molecule has 1 N–H and O–H groups in total. The number of nitrogens with zero attached hydrogens (tertiary/aromatic N) is 1. The standard InChI is InChI=1S/C16H27NO5/c1-15(2,3)22-14(20)17-9-5-4-6-12(17)16(13(18)19)7-10-21-11-8-16/h12H,4-11H2,1-3H3,(H,18,19). The van der Waals surface area contributed by atoms with Crippen LogP contribution in [0.2, 0.25) is 0 Å². The Morgan fingerprint density at radius 3 is 2.41 bits per heavy atom. The van der Waals surface area contributed by atoms with E-state index in [4.69, 9.17) is 9.47 Å². The molecule has 126 valence electrons. The maximum absolute atomic E-state index is 12.5. The van der Waals surface area contributed by atoms with E-state index in [1.807, 2.05) is 20.8 Å². The van der Waals surface area contributed by atoms with Crippen molar-refractivity contribution in [3.05, 3.63) is 0 Å². The predicted octanol–water partition coefficient (Wildman–Crippen LogP) is 2.66. The Morgan fingerprint density at radius 1 is 1.23 bits per heavy atom. The molecule has 2 fully saturated rings. The van der Waals surface area contributed by atoms with Crippen LogP contribution in [-0.2, 0) is 14.3 Å². The number of carbonyl (C=O) groups is 2. The molecule has 0 aliphatic carbocycles. The highest BCUT2D eigenvalue weighted by Gasteiger charge is 2.51. The molecule has 1 amide bonds. The molecular weight excluding hydrogens is 286 g/mol. The van der Waals surface area contributed by atoms with E-state index >= 15 is 0 Å². The third-order valence-electron chi connectivity index (χ3n) is 4.58. The van der Waals surface area contributed by atoms with Crippen LogP contribution in [0.15, 0.2) is 0 Å². The topological polar surface area (TPSA) is 76.1 Å². The summed E-state index contributed by atoms with van der Waals surface area (Å²) in [5, 5.41) is 9.84. The molecule has 2 heterocycles. The molecule has 2 saturated heterocycles. The van der Waals surface area contributed by atoms with E-state index in [9.17, 15) is 14.7 Å². The number of likely N-dealkylation sites (tertiary alicyclic amines) is 1. The van der Waals surface area contributed by atoms with Gasteiger partial charge in [-0.05, 0) is 52.9 Å². The molecule has 0 aromatic rings. The normalized spacial score (nSPS) is 25.6. The summed E-state index contributed by atoms with van der Waals surface area (Å²) >= 11 is 0. The van der Waals surface area contributed by atoms with E-state index in [0.29, 0.717) is 39.0 Å². The molecule has 2 aliphatic rings. The van der Waals surface area contributed by atoms with Crippen LogP contribution in [0.5, 0.6) is 0 Å². The van der Waals surface area contributed by atoms with Crippen LogP contribution >= 0.6 is 0 Å². The molecule has 0 spiro atoms. The highest BCUT2D eigenvalue weighted by Crippen LogP contribution is 2.41. The molecule has 6 nitrogen and oxygen atoms in total. The second kappa shape index (κ2) is 6.44. The summed E-state index contributed by atoms with van der Waals surface area (Å²) in [4.78, 5) is 26.2. The van der Waals surface area contributed by atoms with Gasteiger partial charge in [-0.15, -0.1) is 0 Å². The van der Waals surface area contributed by atoms with Crippen molar-refractivity contribution in [2.75, 3.05) is 19.8 Å². The summed E-state index contributed by atoms with van der Waals surface area (Å²) in [5.41, 5.74) is -1.49. The zero-order valence-electron chi connectivity index (χ0n) is 13.8. The van der Waals surface area contributed by atoms with Gasteiger partial charge in [-0.1, -0.05) is 0 Å². The Morgan fingerprint density at radius 2 is 1.86 bits per heavy atom. The van der Waals surface area contributed by atoms with Gasteiger partial charge >= 0.3 is 12.1 Å². The van der Waals surface area contributed by atoms with E-state index in [1.165, 1.54) is 0 Å². The average Bonchev–Trinajstić information content (AvgIpc) is 2.46. The molecule has 0 saturated carbocycles. The minimum absolute atomic E-state index is 0.308. The van der Waals surface area contributed by atoms with E-state index in [1.54, 1.807) is 4.90 Å². The van der Waals surface area contributed by atoms with Gasteiger partial charge in [-0.3, -0.25) is 4.79 Å². The Balaban J connectivity index is 2.24. The lowest BCUT2D eigenvalue weighted by atomic mass is 9.70. The maximum atomic E-state index is 12.5. The summed E-state index contributed by atoms with van der Waals surface area (Å²) in [6.07, 6.45) is 3.05. The number of amides is 1. The van der Waals surface area contributed by atoms with Crippen LogP contribution in [-0.4, -0.2) is 53.5 Å². The average molecular weight is 313 g/mol. The fraction of sp³-hybridized carbons (Fsp3) is 0.875. The lowest BCUT2D eigenvalue weighted by Gasteiger charge is -2.47. The number of carbonyl (C=O) groups excluding carboxylic acids is 1. The summed E-state index contributed by atoms with van der Waals surface area (Å²) in [6.45, 7) is 6.91. The molecule has 0 bridgehead atoms. The SMILES string of the molecule is CC(C)(C)OC(=O)N1CCCCC1C1(C(=O)O)CCOCC1. The zero-order chi connectivity index (χ0) is 16.4. The monoisotopic (exact) mass is 313 g/mol. The van der Waals surface area contributed by atoms with Gasteiger partial charge in [0, 0.05) is 19.8 Å². The smallest absolute Gasteiger partial charge is 0.410 e. The molecule has 2 aliphatic heterocycles. The molecule has 1 unspecified atom stereocenters. The Labute approximate surface area is 131 Å². The van der Waals surface area contributed by atoms with Gasteiger partial charge in [0.15, 0.2) is 0 Å². The number of piperidine rings is 1. The first-order valence-electron chi connectivity index (χ1n) is 8.07. The fourth-order valence-corrected chi connectivity index (χ4v) is 3.47. The van der Waals surface area contributed by atoms with Crippen molar-refractivity contribution in [3.8, 4) is 0 Å². The predicted molar refractivity (Wildman–Crippen MR) is 80.7 cm³/mol. The number of carboxylic acid groups (broad SMARTS) is 1. The van der Waals surface area contributed by atoms with Gasteiger partial charge in [0.2, 0.25) is 0 Å². The summed E-state index contributed by atoms with van der Waals surface area (Å²) < 4.78 is 10.8. The van der Waals surface area contributed by atoms with Crippen molar-refractivity contribution < 1.29 is 24.2 Å². The van der Waals surface area contributed by atoms with Crippen molar-refractivity contribution in [1.82, 2.24) is 4.90 Å². The maximum Gasteiger partial charge on any atom is 0.410 e. The molecule has 6 heteroatoms. The van der Waals surface area contributed by atoms with Crippen LogP contribution in [0, 0.1) is 5.41 Å². The minimum atomic E-state index is -0.907. The van der Waals surface area contributed by atoms with Crippen LogP contribution in [0.3, 0.4) is 0 Å². The number of ether oxygens (including phenoxy) is 2. The van der Waals surface area contributed by atoms with Crippen molar-refractivity contribution in [1.29, 1.82) is 0 Å². The molecule has 22 heavy (non-hydrogen) atoms. The van der Waals surface area contributed by atoms with Gasteiger partial charge < -0.3 is 19.5 Å². The van der Waals surface area contributed by atoms with Crippen LogP contribution in [0.25, 0.3) is 0 Å². The third kappa shape index (κ3) is 3.54. The molecule has 0 radical (unpaired) electrons.